The van der Waals surface area contributed by atoms with Crippen LogP contribution in [0, 0.1) is 12.4 Å². The highest BCUT2D eigenvalue weighted by atomic mass is 19.1. The lowest BCUT2D eigenvalue weighted by atomic mass is 10.2. The lowest BCUT2D eigenvalue weighted by molar-refractivity contribution is 0.00461. The molecule has 0 bridgehead atoms. The van der Waals surface area contributed by atoms with Gasteiger partial charge >= 0.3 is 0 Å². The van der Waals surface area contributed by atoms with E-state index in [1.54, 1.807) is 19.2 Å². The fourth-order valence-corrected chi connectivity index (χ4v) is 0.740. The van der Waals surface area contributed by atoms with E-state index in [1.165, 1.54) is 18.7 Å². The molecule has 1 aromatic carbocycles. The van der Waals surface area contributed by atoms with Crippen LogP contribution in [-0.4, -0.2) is 13.9 Å². The zero-order valence-electron chi connectivity index (χ0n) is 6.79. The van der Waals surface area contributed by atoms with Gasteiger partial charge in [-0.1, -0.05) is 12.1 Å². The summed E-state index contributed by atoms with van der Waals surface area (Å²) in [5.41, 5.74) is 0.813. The summed E-state index contributed by atoms with van der Waals surface area (Å²) < 4.78 is 22.0. The third kappa shape index (κ3) is 2.98. The lowest BCUT2D eigenvalue weighted by Crippen LogP contribution is -1.94. The molecule has 3 heteroatoms. The van der Waals surface area contributed by atoms with Crippen LogP contribution < -0.4 is 0 Å². The first-order chi connectivity index (χ1) is 5.83. The molecule has 12 heavy (non-hydrogen) atoms. The Morgan fingerprint density at radius 1 is 1.33 bits per heavy atom. The zero-order chi connectivity index (χ0) is 8.81. The third-order valence-corrected chi connectivity index (χ3v) is 1.28. The van der Waals surface area contributed by atoms with Crippen LogP contribution >= 0.6 is 0 Å². The fourth-order valence-electron chi connectivity index (χ4n) is 0.740. The maximum absolute atomic E-state index is 12.4. The molecule has 0 aromatic heterocycles. The Kier molecular flexibility index (Phi) is 3.70. The molecule has 1 rings (SSSR count). The van der Waals surface area contributed by atoms with E-state index in [9.17, 15) is 4.39 Å². The van der Waals surface area contributed by atoms with Crippen LogP contribution in [0.5, 0.6) is 0 Å². The van der Waals surface area contributed by atoms with E-state index >= 15 is 0 Å². The first-order valence-electron chi connectivity index (χ1n) is 3.52. The highest BCUT2D eigenvalue weighted by Gasteiger charge is 1.93. The Bertz CT molecular complexity index is 220. The van der Waals surface area contributed by atoms with E-state index in [2.05, 4.69) is 4.74 Å². The molecule has 1 aromatic rings. The Morgan fingerprint density at radius 2 is 2.00 bits per heavy atom. The van der Waals surface area contributed by atoms with Crippen molar-refractivity contribution in [2.45, 2.75) is 0 Å². The van der Waals surface area contributed by atoms with Crippen molar-refractivity contribution >= 4 is 0 Å². The quantitative estimate of drug-likeness (QED) is 0.506. The third-order valence-electron chi connectivity index (χ3n) is 1.28. The monoisotopic (exact) mass is 169 g/mol. The van der Waals surface area contributed by atoms with Gasteiger partial charge in [0.15, 0.2) is 0 Å². The Morgan fingerprint density at radius 3 is 2.58 bits per heavy atom. The summed E-state index contributed by atoms with van der Waals surface area (Å²) >= 11 is 0. The molecule has 65 valence electrons. The van der Waals surface area contributed by atoms with E-state index in [4.69, 9.17) is 4.74 Å². The Labute approximate surface area is 70.9 Å². The van der Waals surface area contributed by atoms with Gasteiger partial charge in [0.05, 0.1) is 0 Å². The summed E-state index contributed by atoms with van der Waals surface area (Å²) in [6, 6.07) is 6.01. The van der Waals surface area contributed by atoms with Gasteiger partial charge in [0.2, 0.25) is 0 Å². The Balaban J connectivity index is 2.37. The van der Waals surface area contributed by atoms with Crippen LogP contribution in [0.1, 0.15) is 5.56 Å². The van der Waals surface area contributed by atoms with E-state index in [-0.39, 0.29) is 12.6 Å². The lowest BCUT2D eigenvalue weighted by Gasteiger charge is -2.00. The van der Waals surface area contributed by atoms with Crippen LogP contribution in [0.25, 0.3) is 0 Å². The fraction of sp³-hybridized carbons (Fsp3) is 0.222. The van der Waals surface area contributed by atoms with Gasteiger partial charge in [0.1, 0.15) is 19.2 Å². The van der Waals surface area contributed by atoms with Gasteiger partial charge in [-0.05, 0) is 17.7 Å². The average molecular weight is 169 g/mol. The van der Waals surface area contributed by atoms with Gasteiger partial charge < -0.3 is 9.47 Å². The smallest absolute Gasteiger partial charge is 0.147 e. The molecule has 0 N–H and O–H groups in total. The summed E-state index contributed by atoms with van der Waals surface area (Å²) in [6.07, 6.45) is 0. The molecule has 0 atom stereocenters. The van der Waals surface area contributed by atoms with Gasteiger partial charge in [-0.3, -0.25) is 0 Å². The van der Waals surface area contributed by atoms with E-state index in [1.807, 2.05) is 0 Å². The number of hydrogen-bond acceptors (Lipinski definition) is 2. The largest absolute Gasteiger partial charge is 0.359 e. The van der Waals surface area contributed by atoms with Gasteiger partial charge in [0, 0.05) is 7.11 Å². The Hall–Kier alpha value is -0.930. The standard InChI is InChI=1S/C9H10FO2/c1-11-7-12-6-8-2-4-9(10)5-3-8/h2-6H,7H2,1H3. The van der Waals surface area contributed by atoms with Gasteiger partial charge in [-0.25, -0.2) is 4.39 Å². The van der Waals surface area contributed by atoms with Crippen molar-refractivity contribution in [1.82, 2.24) is 0 Å². The van der Waals surface area contributed by atoms with Gasteiger partial charge in [0.25, 0.3) is 0 Å². The van der Waals surface area contributed by atoms with Crippen LogP contribution in [0.4, 0.5) is 4.39 Å². The van der Waals surface area contributed by atoms with E-state index in [0.29, 0.717) is 0 Å². The molecule has 0 aliphatic carbocycles. The predicted molar refractivity (Wildman–Crippen MR) is 42.8 cm³/mol. The summed E-state index contributed by atoms with van der Waals surface area (Å²) in [4.78, 5) is 0. The number of rotatable bonds is 4. The van der Waals surface area contributed by atoms with Gasteiger partial charge in [-0.15, -0.1) is 0 Å². The van der Waals surface area contributed by atoms with E-state index < -0.39 is 0 Å². The number of halogens is 1. The van der Waals surface area contributed by atoms with Crippen molar-refractivity contribution in [3.8, 4) is 0 Å². The second-order valence-corrected chi connectivity index (χ2v) is 2.24. The number of benzene rings is 1. The molecule has 1 radical (unpaired) electrons. The van der Waals surface area contributed by atoms with E-state index in [0.717, 1.165) is 5.56 Å². The van der Waals surface area contributed by atoms with Crippen molar-refractivity contribution in [3.05, 3.63) is 42.3 Å². The van der Waals surface area contributed by atoms with Crippen molar-refractivity contribution in [2.24, 2.45) is 0 Å². The molecule has 0 saturated carbocycles. The summed E-state index contributed by atoms with van der Waals surface area (Å²) in [7, 11) is 1.54. The number of ether oxygens (including phenoxy) is 2. The first-order valence-corrected chi connectivity index (χ1v) is 3.52. The zero-order valence-corrected chi connectivity index (χ0v) is 6.79. The first kappa shape index (κ1) is 9.16. The summed E-state index contributed by atoms with van der Waals surface area (Å²) in [5, 5.41) is 0. The summed E-state index contributed by atoms with van der Waals surface area (Å²) in [6.45, 7) is 1.72. The minimum atomic E-state index is -0.251. The topological polar surface area (TPSA) is 18.5 Å². The number of hydrogen-bond donors (Lipinski definition) is 0. The molecule has 0 fully saturated rings. The molecular formula is C9H10FO2. The molecule has 0 aliphatic heterocycles. The van der Waals surface area contributed by atoms with Crippen molar-refractivity contribution < 1.29 is 13.9 Å². The van der Waals surface area contributed by atoms with Crippen molar-refractivity contribution in [3.63, 3.8) is 0 Å². The molecule has 0 unspecified atom stereocenters. The second kappa shape index (κ2) is 4.85. The summed E-state index contributed by atoms with van der Waals surface area (Å²) in [5.74, 6) is -0.251. The minimum Gasteiger partial charge on any atom is -0.359 e. The highest BCUT2D eigenvalue weighted by Crippen LogP contribution is 2.05. The normalized spacial score (nSPS) is 10.2. The van der Waals surface area contributed by atoms with Crippen LogP contribution in [0.2, 0.25) is 0 Å². The average Bonchev–Trinajstić information content (AvgIpc) is 2.09. The molecule has 0 amide bonds. The highest BCUT2D eigenvalue weighted by molar-refractivity contribution is 5.20. The molecule has 2 nitrogen and oxygen atoms in total. The number of methoxy groups -OCH3 is 1. The maximum Gasteiger partial charge on any atom is 0.147 e. The predicted octanol–water partition coefficient (Wildman–Crippen LogP) is 1.96. The molecule has 0 spiro atoms. The molecule has 0 aliphatic rings. The molecule has 0 heterocycles. The maximum atomic E-state index is 12.4. The van der Waals surface area contributed by atoms with Crippen molar-refractivity contribution in [1.29, 1.82) is 0 Å². The van der Waals surface area contributed by atoms with Crippen molar-refractivity contribution in [2.75, 3.05) is 13.9 Å². The van der Waals surface area contributed by atoms with Crippen LogP contribution in [0.3, 0.4) is 0 Å². The van der Waals surface area contributed by atoms with Gasteiger partial charge in [-0.2, -0.15) is 0 Å². The van der Waals surface area contributed by atoms with Crippen LogP contribution in [-0.2, 0) is 9.47 Å². The molecule has 0 saturated heterocycles. The second-order valence-electron chi connectivity index (χ2n) is 2.24. The van der Waals surface area contributed by atoms with Crippen LogP contribution in [0.15, 0.2) is 24.3 Å². The molecular weight excluding hydrogens is 159 g/mol. The minimum absolute atomic E-state index is 0.206. The SMILES string of the molecule is COCO[CH]c1ccc(F)cc1.